The number of unbranched alkanes of at least 4 members (excludes halogenated alkanes) is 1. The molecule has 0 aliphatic heterocycles. The standard InChI is InChI=1S/C18H24Cl2N2O/c1-2-3-12-23-13-6-10-21-14-15-7-5-11-22(15)17-9-4-8-16(19)18(17)20/h4-5,7-9,11,21H,2-3,6,10,12-14H2,1H3. The smallest absolute Gasteiger partial charge is 0.0832 e. The van der Waals surface area contributed by atoms with Crippen LogP contribution in [0.5, 0.6) is 0 Å². The van der Waals surface area contributed by atoms with Gasteiger partial charge >= 0.3 is 0 Å². The molecule has 126 valence electrons. The Hall–Kier alpha value is -1.000. The van der Waals surface area contributed by atoms with E-state index in [1.807, 2.05) is 24.4 Å². The van der Waals surface area contributed by atoms with Crippen LogP contribution in [0.2, 0.25) is 10.0 Å². The van der Waals surface area contributed by atoms with E-state index in [0.717, 1.165) is 50.5 Å². The van der Waals surface area contributed by atoms with Gasteiger partial charge in [0.05, 0.1) is 15.7 Å². The van der Waals surface area contributed by atoms with E-state index in [1.165, 1.54) is 6.42 Å². The number of halogens is 2. The first-order chi connectivity index (χ1) is 11.2. The van der Waals surface area contributed by atoms with Gasteiger partial charge in [0.1, 0.15) is 0 Å². The van der Waals surface area contributed by atoms with Crippen molar-refractivity contribution in [3.05, 3.63) is 52.3 Å². The van der Waals surface area contributed by atoms with Crippen molar-refractivity contribution in [1.82, 2.24) is 9.88 Å². The lowest BCUT2D eigenvalue weighted by molar-refractivity contribution is 0.128. The first-order valence-corrected chi connectivity index (χ1v) is 8.88. The van der Waals surface area contributed by atoms with Crippen molar-refractivity contribution < 1.29 is 4.74 Å². The topological polar surface area (TPSA) is 26.2 Å². The summed E-state index contributed by atoms with van der Waals surface area (Å²) in [5.74, 6) is 0. The van der Waals surface area contributed by atoms with Crippen LogP contribution in [0.1, 0.15) is 31.9 Å². The van der Waals surface area contributed by atoms with E-state index in [4.69, 9.17) is 27.9 Å². The highest BCUT2D eigenvalue weighted by atomic mass is 35.5. The van der Waals surface area contributed by atoms with Gasteiger partial charge in [-0.05, 0) is 43.7 Å². The molecule has 2 rings (SSSR count). The summed E-state index contributed by atoms with van der Waals surface area (Å²) in [6, 6.07) is 9.78. The number of hydrogen-bond acceptors (Lipinski definition) is 2. The fourth-order valence-electron chi connectivity index (χ4n) is 2.34. The predicted octanol–water partition coefficient (Wildman–Crippen LogP) is 5.08. The van der Waals surface area contributed by atoms with Crippen LogP contribution in [-0.2, 0) is 11.3 Å². The van der Waals surface area contributed by atoms with Crippen LogP contribution >= 0.6 is 23.2 Å². The van der Waals surface area contributed by atoms with E-state index in [1.54, 1.807) is 6.07 Å². The molecule has 1 heterocycles. The average molecular weight is 355 g/mol. The first-order valence-electron chi connectivity index (χ1n) is 8.13. The minimum Gasteiger partial charge on any atom is -0.381 e. The molecule has 2 aromatic rings. The quantitative estimate of drug-likeness (QED) is 0.602. The molecule has 23 heavy (non-hydrogen) atoms. The summed E-state index contributed by atoms with van der Waals surface area (Å²) in [5, 5.41) is 4.60. The Morgan fingerprint density at radius 1 is 1.09 bits per heavy atom. The number of ether oxygens (including phenoxy) is 1. The molecule has 0 atom stereocenters. The summed E-state index contributed by atoms with van der Waals surface area (Å²) >= 11 is 12.4. The molecule has 5 heteroatoms. The molecule has 0 saturated carbocycles. The number of nitrogens with zero attached hydrogens (tertiary/aromatic N) is 1. The maximum absolute atomic E-state index is 6.31. The summed E-state index contributed by atoms with van der Waals surface area (Å²) in [5.41, 5.74) is 2.06. The Bertz CT molecular complexity index is 598. The third-order valence-corrected chi connectivity index (χ3v) is 4.42. The SMILES string of the molecule is CCCCOCCCNCc1cccn1-c1cccc(Cl)c1Cl. The van der Waals surface area contributed by atoms with Gasteiger partial charge in [-0.2, -0.15) is 0 Å². The molecule has 1 aromatic heterocycles. The highest BCUT2D eigenvalue weighted by Crippen LogP contribution is 2.29. The van der Waals surface area contributed by atoms with Crippen molar-refractivity contribution in [2.24, 2.45) is 0 Å². The van der Waals surface area contributed by atoms with E-state index in [2.05, 4.69) is 22.9 Å². The molecule has 0 aliphatic carbocycles. The molecule has 0 amide bonds. The molecule has 1 aromatic carbocycles. The van der Waals surface area contributed by atoms with Crippen molar-refractivity contribution in [2.45, 2.75) is 32.7 Å². The third kappa shape index (κ3) is 5.54. The maximum Gasteiger partial charge on any atom is 0.0832 e. The molecule has 0 spiro atoms. The molecule has 0 fully saturated rings. The molecule has 0 unspecified atom stereocenters. The fourth-order valence-corrected chi connectivity index (χ4v) is 2.72. The molecule has 0 saturated heterocycles. The molecule has 0 aliphatic rings. The van der Waals surface area contributed by atoms with E-state index in [0.29, 0.717) is 10.0 Å². The van der Waals surface area contributed by atoms with Gasteiger partial charge in [-0.15, -0.1) is 0 Å². The zero-order chi connectivity index (χ0) is 16.5. The Morgan fingerprint density at radius 3 is 2.74 bits per heavy atom. The zero-order valence-corrected chi connectivity index (χ0v) is 15.0. The lowest BCUT2D eigenvalue weighted by Gasteiger charge is -2.12. The third-order valence-electron chi connectivity index (χ3n) is 3.61. The van der Waals surface area contributed by atoms with Gasteiger partial charge < -0.3 is 14.6 Å². The predicted molar refractivity (Wildman–Crippen MR) is 97.8 cm³/mol. The number of hydrogen-bond donors (Lipinski definition) is 1. The van der Waals surface area contributed by atoms with Gasteiger partial charge in [0.2, 0.25) is 0 Å². The van der Waals surface area contributed by atoms with Gasteiger partial charge in [-0.3, -0.25) is 0 Å². The molecule has 1 N–H and O–H groups in total. The number of nitrogens with one attached hydrogen (secondary N) is 1. The summed E-state index contributed by atoms with van der Waals surface area (Å²) in [7, 11) is 0. The molecule has 0 bridgehead atoms. The molecular weight excluding hydrogens is 331 g/mol. The maximum atomic E-state index is 6.31. The second-order valence-corrected chi connectivity index (χ2v) is 6.22. The minimum atomic E-state index is 0.570. The lowest BCUT2D eigenvalue weighted by atomic mass is 10.3. The van der Waals surface area contributed by atoms with Crippen LogP contribution in [0.15, 0.2) is 36.5 Å². The summed E-state index contributed by atoms with van der Waals surface area (Å²) in [4.78, 5) is 0. The van der Waals surface area contributed by atoms with Crippen molar-refractivity contribution >= 4 is 23.2 Å². The van der Waals surface area contributed by atoms with Crippen LogP contribution in [0.3, 0.4) is 0 Å². The fraction of sp³-hybridized carbons (Fsp3) is 0.444. The zero-order valence-electron chi connectivity index (χ0n) is 13.5. The first kappa shape index (κ1) is 18.3. The van der Waals surface area contributed by atoms with Crippen LogP contribution in [-0.4, -0.2) is 24.3 Å². The Morgan fingerprint density at radius 2 is 1.91 bits per heavy atom. The second-order valence-electron chi connectivity index (χ2n) is 5.44. The van der Waals surface area contributed by atoms with E-state index in [-0.39, 0.29) is 0 Å². The Balaban J connectivity index is 1.81. The van der Waals surface area contributed by atoms with Gasteiger partial charge in [0.15, 0.2) is 0 Å². The number of benzene rings is 1. The minimum absolute atomic E-state index is 0.570. The monoisotopic (exact) mass is 354 g/mol. The van der Waals surface area contributed by atoms with Crippen molar-refractivity contribution in [2.75, 3.05) is 19.8 Å². The molecule has 0 radical (unpaired) electrons. The number of rotatable bonds is 10. The van der Waals surface area contributed by atoms with Gasteiger partial charge in [0, 0.05) is 31.6 Å². The highest BCUT2D eigenvalue weighted by Gasteiger charge is 2.09. The van der Waals surface area contributed by atoms with E-state index >= 15 is 0 Å². The van der Waals surface area contributed by atoms with Crippen molar-refractivity contribution in [3.63, 3.8) is 0 Å². The van der Waals surface area contributed by atoms with Gasteiger partial charge in [-0.25, -0.2) is 0 Å². The normalized spacial score (nSPS) is 11.1. The summed E-state index contributed by atoms with van der Waals surface area (Å²) < 4.78 is 7.62. The van der Waals surface area contributed by atoms with Gasteiger partial charge in [-0.1, -0.05) is 42.6 Å². The van der Waals surface area contributed by atoms with Crippen molar-refractivity contribution in [1.29, 1.82) is 0 Å². The average Bonchev–Trinajstić information content (AvgIpc) is 3.01. The van der Waals surface area contributed by atoms with Gasteiger partial charge in [0.25, 0.3) is 0 Å². The highest BCUT2D eigenvalue weighted by molar-refractivity contribution is 6.43. The molecular formula is C18H24Cl2N2O. The largest absolute Gasteiger partial charge is 0.381 e. The van der Waals surface area contributed by atoms with Crippen LogP contribution < -0.4 is 5.32 Å². The van der Waals surface area contributed by atoms with Crippen molar-refractivity contribution in [3.8, 4) is 5.69 Å². The summed E-state index contributed by atoms with van der Waals surface area (Å²) in [6.45, 7) is 5.57. The summed E-state index contributed by atoms with van der Waals surface area (Å²) in [6.07, 6.45) is 5.34. The Kier molecular flexibility index (Phi) is 7.96. The number of aromatic nitrogens is 1. The lowest BCUT2D eigenvalue weighted by Crippen LogP contribution is -2.18. The van der Waals surface area contributed by atoms with Crippen LogP contribution in [0.4, 0.5) is 0 Å². The molecule has 3 nitrogen and oxygen atoms in total. The van der Waals surface area contributed by atoms with E-state index in [9.17, 15) is 0 Å². The second kappa shape index (κ2) is 9.99. The van der Waals surface area contributed by atoms with Crippen LogP contribution in [0.25, 0.3) is 5.69 Å². The Labute approximate surface area is 148 Å². The van der Waals surface area contributed by atoms with E-state index < -0.39 is 0 Å². The van der Waals surface area contributed by atoms with Crippen LogP contribution in [0, 0.1) is 0 Å².